The van der Waals surface area contributed by atoms with Crippen molar-refractivity contribution in [1.29, 1.82) is 0 Å². The van der Waals surface area contributed by atoms with Gasteiger partial charge >= 0.3 is 11.9 Å². The van der Waals surface area contributed by atoms with Crippen LogP contribution in [0.5, 0.6) is 11.5 Å². The Morgan fingerprint density at radius 3 is 1.45 bits per heavy atom. The predicted molar refractivity (Wildman–Crippen MR) is 120 cm³/mol. The van der Waals surface area contributed by atoms with E-state index in [2.05, 4.69) is 24.3 Å². The lowest BCUT2D eigenvalue weighted by Crippen LogP contribution is -2.37. The van der Waals surface area contributed by atoms with Gasteiger partial charge in [-0.15, -0.1) is 0 Å². The molecule has 4 atom stereocenters. The van der Waals surface area contributed by atoms with Gasteiger partial charge in [0.25, 0.3) is 0 Å². The summed E-state index contributed by atoms with van der Waals surface area (Å²) >= 11 is 0. The number of ether oxygens (including phenoxy) is 2. The molecule has 2 aromatic rings. The second-order valence-corrected chi connectivity index (χ2v) is 9.25. The fraction of sp³-hybridized carbons (Fsp3) is 0.407. The summed E-state index contributed by atoms with van der Waals surface area (Å²) < 4.78 is 11.7. The summed E-state index contributed by atoms with van der Waals surface area (Å²) in [7, 11) is 0. The van der Waals surface area contributed by atoms with Gasteiger partial charge < -0.3 is 9.47 Å². The normalized spacial score (nSPS) is 23.8. The van der Waals surface area contributed by atoms with E-state index in [4.69, 9.17) is 9.47 Å². The summed E-state index contributed by atoms with van der Waals surface area (Å²) in [5, 5.41) is 0. The van der Waals surface area contributed by atoms with Gasteiger partial charge in [-0.05, 0) is 105 Å². The van der Waals surface area contributed by atoms with Gasteiger partial charge in [0.1, 0.15) is 11.5 Å². The summed E-state index contributed by atoms with van der Waals surface area (Å²) in [4.78, 5) is 26.5. The molecule has 0 heterocycles. The van der Waals surface area contributed by atoms with Crippen molar-refractivity contribution in [3.63, 3.8) is 0 Å². The average Bonchev–Trinajstić information content (AvgIpc) is 3.31. The highest BCUT2D eigenvalue weighted by molar-refractivity contribution is 5.87. The summed E-state index contributed by atoms with van der Waals surface area (Å²) in [5.41, 5.74) is 6.14. The third kappa shape index (κ3) is 3.91. The first-order valence-corrected chi connectivity index (χ1v) is 10.9. The van der Waals surface area contributed by atoms with Crippen LogP contribution in [0.3, 0.4) is 0 Å². The maximum atomic E-state index is 13.3. The minimum atomic E-state index is -0.520. The number of hydrogen-bond donors (Lipinski definition) is 0. The number of rotatable bonds is 4. The second-order valence-electron chi connectivity index (χ2n) is 9.25. The first-order valence-electron chi connectivity index (χ1n) is 10.9. The maximum absolute atomic E-state index is 13.3. The van der Waals surface area contributed by atoms with E-state index in [-0.39, 0.29) is 23.8 Å². The Kier molecular flexibility index (Phi) is 5.50. The first-order chi connectivity index (χ1) is 14.7. The van der Waals surface area contributed by atoms with E-state index < -0.39 is 11.8 Å². The van der Waals surface area contributed by atoms with Crippen molar-refractivity contribution in [2.75, 3.05) is 0 Å². The monoisotopic (exact) mass is 418 g/mol. The third-order valence-electron chi connectivity index (χ3n) is 6.95. The van der Waals surface area contributed by atoms with E-state index in [1.54, 1.807) is 0 Å². The van der Waals surface area contributed by atoms with Gasteiger partial charge in [0, 0.05) is 0 Å². The van der Waals surface area contributed by atoms with Crippen molar-refractivity contribution in [2.24, 2.45) is 23.7 Å². The number of carbonyl (C=O) groups is 2. The van der Waals surface area contributed by atoms with E-state index in [1.807, 2.05) is 53.7 Å². The fourth-order valence-electron chi connectivity index (χ4n) is 5.03. The van der Waals surface area contributed by atoms with Crippen LogP contribution in [0.25, 0.3) is 0 Å². The van der Waals surface area contributed by atoms with Crippen LogP contribution in [0, 0.1) is 65.2 Å². The Hall–Kier alpha value is -2.88. The zero-order valence-corrected chi connectivity index (χ0v) is 19.1. The molecule has 1 saturated carbocycles. The molecule has 0 amide bonds. The van der Waals surface area contributed by atoms with Crippen LogP contribution in [0.2, 0.25) is 0 Å². The largest absolute Gasteiger partial charge is 0.426 e. The van der Waals surface area contributed by atoms with Gasteiger partial charge in [0.15, 0.2) is 0 Å². The van der Waals surface area contributed by atoms with E-state index in [9.17, 15) is 9.59 Å². The number of allylic oxidation sites excluding steroid dienone is 2. The van der Waals surface area contributed by atoms with E-state index in [1.165, 1.54) is 0 Å². The number of fused-ring (bicyclic) bond motifs is 2. The maximum Gasteiger partial charge on any atom is 0.315 e. The molecule has 2 aromatic carbocycles. The first kappa shape index (κ1) is 21.4. The molecular weight excluding hydrogens is 388 g/mol. The van der Waals surface area contributed by atoms with Crippen molar-refractivity contribution in [3.05, 3.63) is 69.8 Å². The third-order valence-corrected chi connectivity index (χ3v) is 6.95. The van der Waals surface area contributed by atoms with Crippen LogP contribution in [0.15, 0.2) is 36.4 Å². The standard InChI is InChI=1S/C27H30O4/c1-14-9-16(3)18(5)22(11-14)30-26(28)24-20-7-8-21(13-20)25(24)27(29)31-23-12-15(2)10-17(4)19(23)6/h7-12,20-21,24-25H,13H2,1-6H3. The Morgan fingerprint density at radius 1 is 0.677 bits per heavy atom. The number of benzene rings is 2. The molecule has 0 aromatic heterocycles. The van der Waals surface area contributed by atoms with Gasteiger partial charge in [-0.25, -0.2) is 0 Å². The van der Waals surface area contributed by atoms with Crippen LogP contribution in [0.4, 0.5) is 0 Å². The topological polar surface area (TPSA) is 52.6 Å². The lowest BCUT2D eigenvalue weighted by Gasteiger charge is -2.25. The smallest absolute Gasteiger partial charge is 0.315 e. The summed E-state index contributed by atoms with van der Waals surface area (Å²) in [6.45, 7) is 11.9. The van der Waals surface area contributed by atoms with Crippen molar-refractivity contribution in [2.45, 2.75) is 48.0 Å². The lowest BCUT2D eigenvalue weighted by atomic mass is 9.83. The summed E-state index contributed by atoms with van der Waals surface area (Å²) in [6, 6.07) is 7.91. The van der Waals surface area contributed by atoms with Gasteiger partial charge in [-0.3, -0.25) is 9.59 Å². The Balaban J connectivity index is 1.59. The SMILES string of the molecule is Cc1cc(C)c(C)c(OC(=O)C2C3C=CC(C3)C2C(=O)Oc2cc(C)cc(C)c2C)c1. The highest BCUT2D eigenvalue weighted by Gasteiger charge is 2.53. The quantitative estimate of drug-likeness (QED) is 0.374. The van der Waals surface area contributed by atoms with Crippen LogP contribution >= 0.6 is 0 Å². The van der Waals surface area contributed by atoms with Gasteiger partial charge in [0.2, 0.25) is 0 Å². The van der Waals surface area contributed by atoms with Crippen molar-refractivity contribution >= 4 is 11.9 Å². The van der Waals surface area contributed by atoms with Gasteiger partial charge in [-0.2, -0.15) is 0 Å². The zero-order chi connectivity index (χ0) is 22.4. The molecular formula is C27H30O4. The van der Waals surface area contributed by atoms with E-state index in [0.29, 0.717) is 11.5 Å². The molecule has 0 radical (unpaired) electrons. The summed E-state index contributed by atoms with van der Waals surface area (Å²) in [6.07, 6.45) is 4.89. The molecule has 162 valence electrons. The second kappa shape index (κ2) is 7.99. The van der Waals surface area contributed by atoms with E-state index >= 15 is 0 Å². The molecule has 1 fully saturated rings. The van der Waals surface area contributed by atoms with Crippen LogP contribution in [-0.2, 0) is 9.59 Å². The number of hydrogen-bond acceptors (Lipinski definition) is 4. The Morgan fingerprint density at radius 2 is 1.06 bits per heavy atom. The Bertz CT molecular complexity index is 1010. The number of esters is 2. The van der Waals surface area contributed by atoms with Crippen LogP contribution < -0.4 is 9.47 Å². The summed E-state index contributed by atoms with van der Waals surface area (Å²) in [5.74, 6) is -0.544. The van der Waals surface area contributed by atoms with Crippen molar-refractivity contribution in [3.8, 4) is 11.5 Å². The van der Waals surface area contributed by atoms with Crippen molar-refractivity contribution < 1.29 is 19.1 Å². The molecule has 2 bridgehead atoms. The molecule has 4 unspecified atom stereocenters. The van der Waals surface area contributed by atoms with Gasteiger partial charge in [-0.1, -0.05) is 24.3 Å². The highest BCUT2D eigenvalue weighted by atomic mass is 16.5. The zero-order valence-electron chi connectivity index (χ0n) is 19.1. The van der Waals surface area contributed by atoms with Crippen LogP contribution in [-0.4, -0.2) is 11.9 Å². The molecule has 4 heteroatoms. The van der Waals surface area contributed by atoms with Crippen molar-refractivity contribution in [1.82, 2.24) is 0 Å². The molecule has 2 aliphatic rings. The molecule has 4 rings (SSSR count). The highest BCUT2D eigenvalue weighted by Crippen LogP contribution is 2.49. The lowest BCUT2D eigenvalue weighted by molar-refractivity contribution is -0.151. The Labute approximate surface area is 184 Å². The van der Waals surface area contributed by atoms with Crippen LogP contribution in [0.1, 0.15) is 39.8 Å². The average molecular weight is 419 g/mol. The van der Waals surface area contributed by atoms with E-state index in [0.717, 1.165) is 39.8 Å². The molecule has 0 saturated heterocycles. The molecule has 0 spiro atoms. The number of carbonyl (C=O) groups excluding carboxylic acids is 2. The predicted octanol–water partition coefficient (Wildman–Crippen LogP) is 5.49. The molecule has 0 N–H and O–H groups in total. The fourth-order valence-corrected chi connectivity index (χ4v) is 5.03. The number of aryl methyl sites for hydroxylation is 4. The molecule has 31 heavy (non-hydrogen) atoms. The minimum absolute atomic E-state index is 0.0154. The minimum Gasteiger partial charge on any atom is -0.426 e. The molecule has 0 aliphatic heterocycles. The van der Waals surface area contributed by atoms with Gasteiger partial charge in [0.05, 0.1) is 11.8 Å². The molecule has 4 nitrogen and oxygen atoms in total. The molecule has 2 aliphatic carbocycles.